The van der Waals surface area contributed by atoms with E-state index in [1.807, 2.05) is 13.8 Å². The molecule has 0 saturated carbocycles. The first kappa shape index (κ1) is 19.4. The van der Waals surface area contributed by atoms with Gasteiger partial charge in [-0.2, -0.15) is 0 Å². The summed E-state index contributed by atoms with van der Waals surface area (Å²) in [4.78, 5) is 12.4. The van der Waals surface area contributed by atoms with Crippen molar-refractivity contribution in [1.82, 2.24) is 0 Å². The van der Waals surface area contributed by atoms with Gasteiger partial charge in [-0.3, -0.25) is 4.79 Å². The van der Waals surface area contributed by atoms with Crippen LogP contribution in [0.1, 0.15) is 32.3 Å². The quantitative estimate of drug-likeness (QED) is 0.763. The van der Waals surface area contributed by atoms with Gasteiger partial charge in [0.2, 0.25) is 0 Å². The lowest BCUT2D eigenvalue weighted by molar-refractivity contribution is -0.123. The van der Waals surface area contributed by atoms with Gasteiger partial charge in [0.1, 0.15) is 17.2 Å². The van der Waals surface area contributed by atoms with E-state index in [9.17, 15) is 14.3 Å². The lowest BCUT2D eigenvalue weighted by atomic mass is 9.71. The number of ketones is 1. The van der Waals surface area contributed by atoms with Crippen LogP contribution >= 0.6 is 0 Å². The van der Waals surface area contributed by atoms with Crippen molar-refractivity contribution < 1.29 is 28.5 Å². The van der Waals surface area contributed by atoms with Gasteiger partial charge in [0, 0.05) is 18.1 Å². The number of aromatic hydroxyl groups is 1. The van der Waals surface area contributed by atoms with Crippen LogP contribution in [0.2, 0.25) is 0 Å². The van der Waals surface area contributed by atoms with E-state index in [4.69, 9.17) is 14.2 Å². The molecule has 27 heavy (non-hydrogen) atoms. The lowest BCUT2D eigenvalue weighted by Gasteiger charge is -2.38. The first-order valence-corrected chi connectivity index (χ1v) is 8.99. The van der Waals surface area contributed by atoms with Crippen molar-refractivity contribution in [2.45, 2.75) is 38.7 Å². The van der Waals surface area contributed by atoms with Gasteiger partial charge in [0.05, 0.1) is 7.11 Å². The highest BCUT2D eigenvalue weighted by molar-refractivity contribution is 5.94. The highest BCUT2D eigenvalue weighted by Gasteiger charge is 2.51. The number of phenols is 1. The van der Waals surface area contributed by atoms with Crippen LogP contribution in [0.15, 0.2) is 36.1 Å². The summed E-state index contributed by atoms with van der Waals surface area (Å²) in [6.07, 6.45) is 2.88. The van der Waals surface area contributed by atoms with Crippen LogP contribution in [0.4, 0.5) is 4.39 Å². The third kappa shape index (κ3) is 3.58. The Balaban J connectivity index is 1.89. The lowest BCUT2D eigenvalue weighted by Crippen LogP contribution is -2.45. The molecule has 1 heterocycles. The molecule has 5 nitrogen and oxygen atoms in total. The average molecular weight is 376 g/mol. The Morgan fingerprint density at radius 2 is 2.26 bits per heavy atom. The van der Waals surface area contributed by atoms with Crippen LogP contribution in [0.5, 0.6) is 11.5 Å². The molecule has 0 amide bonds. The maximum atomic E-state index is 14.5. The van der Waals surface area contributed by atoms with E-state index in [0.29, 0.717) is 30.6 Å². The van der Waals surface area contributed by atoms with Crippen molar-refractivity contribution >= 4 is 5.78 Å². The predicted octanol–water partition coefficient (Wildman–Crippen LogP) is 3.90. The number of rotatable bonds is 6. The topological polar surface area (TPSA) is 65.0 Å². The molecular weight excluding hydrogens is 351 g/mol. The van der Waals surface area contributed by atoms with E-state index < -0.39 is 11.4 Å². The molecule has 3 rings (SSSR count). The molecule has 1 saturated heterocycles. The summed E-state index contributed by atoms with van der Waals surface area (Å²) in [5.41, 5.74) is 0.507. The summed E-state index contributed by atoms with van der Waals surface area (Å²) < 4.78 is 30.9. The Labute approximate surface area is 158 Å². The fourth-order valence-electron chi connectivity index (χ4n) is 4.01. The van der Waals surface area contributed by atoms with Gasteiger partial charge in [-0.15, -0.1) is 6.58 Å². The molecule has 1 N–H and O–H groups in total. The number of ether oxygens (including phenoxy) is 3. The number of fused-ring (bicyclic) bond motifs is 1. The maximum absolute atomic E-state index is 14.5. The number of allylic oxidation sites excluding steroid dienone is 2. The first-order chi connectivity index (χ1) is 12.8. The molecule has 1 unspecified atom stereocenters. The molecule has 2 aliphatic rings. The zero-order chi connectivity index (χ0) is 19.8. The fraction of sp³-hybridized carbons (Fsp3) is 0.476. The predicted molar refractivity (Wildman–Crippen MR) is 97.9 cm³/mol. The molecule has 1 aromatic rings. The number of hydrogen-bond donors (Lipinski definition) is 1. The van der Waals surface area contributed by atoms with E-state index in [-0.39, 0.29) is 35.9 Å². The molecule has 0 radical (unpaired) electrons. The standard InChI is InChI=1S/C21H25FO5/c1-12(2)5-15-10-21(20(9-17(15)23)26-11-27-21)13(3)6-14-7-18(24)19(25-4)8-16(14)22/h7-9,13,15,24H,1,5-6,10-11H2,2-4H3/t13?,15-,21+/m0/s1. The van der Waals surface area contributed by atoms with E-state index in [0.717, 1.165) is 5.57 Å². The van der Waals surface area contributed by atoms with Gasteiger partial charge in [0.25, 0.3) is 0 Å². The molecule has 0 bridgehead atoms. The van der Waals surface area contributed by atoms with E-state index >= 15 is 0 Å². The van der Waals surface area contributed by atoms with E-state index in [1.165, 1.54) is 25.3 Å². The Kier molecular flexibility index (Phi) is 5.29. The SMILES string of the molecule is C=C(C)C[C@H]1C[C@]2(C(C)Cc3cc(O)c(OC)cc3F)OCOC2=CC1=O. The normalized spacial score (nSPS) is 25.4. The van der Waals surface area contributed by atoms with Crippen LogP contribution in [-0.4, -0.2) is 30.4 Å². The van der Waals surface area contributed by atoms with Gasteiger partial charge in [-0.1, -0.05) is 12.5 Å². The molecule has 6 heteroatoms. The van der Waals surface area contributed by atoms with Crippen molar-refractivity contribution in [2.75, 3.05) is 13.9 Å². The summed E-state index contributed by atoms with van der Waals surface area (Å²) in [5.74, 6) is -0.364. The van der Waals surface area contributed by atoms with Gasteiger partial charge in [-0.05, 0) is 43.7 Å². The Hall–Kier alpha value is -2.34. The highest BCUT2D eigenvalue weighted by Crippen LogP contribution is 2.47. The largest absolute Gasteiger partial charge is 0.504 e. The number of hydrogen-bond acceptors (Lipinski definition) is 5. The summed E-state index contributed by atoms with van der Waals surface area (Å²) >= 11 is 0. The molecule has 1 aromatic carbocycles. The first-order valence-electron chi connectivity index (χ1n) is 8.99. The van der Waals surface area contributed by atoms with Crippen molar-refractivity contribution in [3.05, 3.63) is 47.5 Å². The summed E-state index contributed by atoms with van der Waals surface area (Å²) in [5, 5.41) is 9.99. The molecular formula is C21H25FO5. The van der Waals surface area contributed by atoms with Crippen molar-refractivity contribution in [3.63, 3.8) is 0 Å². The Morgan fingerprint density at radius 3 is 2.93 bits per heavy atom. The molecule has 0 aromatic heterocycles. The van der Waals surface area contributed by atoms with Crippen LogP contribution < -0.4 is 4.74 Å². The van der Waals surface area contributed by atoms with Crippen LogP contribution in [0, 0.1) is 17.7 Å². The van der Waals surface area contributed by atoms with Crippen molar-refractivity contribution in [2.24, 2.45) is 11.8 Å². The number of benzene rings is 1. The molecule has 1 fully saturated rings. The minimum Gasteiger partial charge on any atom is -0.504 e. The van der Waals surface area contributed by atoms with E-state index in [1.54, 1.807) is 0 Å². The molecule has 1 aliphatic carbocycles. The Bertz CT molecular complexity index is 800. The highest BCUT2D eigenvalue weighted by atomic mass is 19.1. The number of carbonyl (C=O) groups is 1. The van der Waals surface area contributed by atoms with Gasteiger partial charge in [-0.25, -0.2) is 4.39 Å². The molecule has 1 aliphatic heterocycles. The smallest absolute Gasteiger partial charge is 0.189 e. The van der Waals surface area contributed by atoms with Crippen LogP contribution in [0.25, 0.3) is 0 Å². The second-order valence-electron chi connectivity index (χ2n) is 7.49. The fourth-order valence-corrected chi connectivity index (χ4v) is 4.01. The Morgan fingerprint density at radius 1 is 1.52 bits per heavy atom. The summed E-state index contributed by atoms with van der Waals surface area (Å²) in [6, 6.07) is 2.55. The minimum atomic E-state index is -0.782. The van der Waals surface area contributed by atoms with E-state index in [2.05, 4.69) is 6.58 Å². The van der Waals surface area contributed by atoms with Crippen molar-refractivity contribution in [1.29, 1.82) is 0 Å². The number of halogens is 1. The molecule has 146 valence electrons. The summed E-state index contributed by atoms with van der Waals surface area (Å²) in [6.45, 7) is 7.81. The number of phenolic OH excluding ortho intramolecular Hbond substituents is 1. The summed E-state index contributed by atoms with van der Waals surface area (Å²) in [7, 11) is 1.37. The monoisotopic (exact) mass is 376 g/mol. The number of carbonyl (C=O) groups excluding carboxylic acids is 1. The average Bonchev–Trinajstić information content (AvgIpc) is 3.01. The zero-order valence-corrected chi connectivity index (χ0v) is 15.9. The van der Waals surface area contributed by atoms with Crippen molar-refractivity contribution in [3.8, 4) is 11.5 Å². The third-order valence-electron chi connectivity index (χ3n) is 5.44. The second kappa shape index (κ2) is 7.35. The van der Waals surface area contributed by atoms with Gasteiger partial charge in [0.15, 0.2) is 24.1 Å². The van der Waals surface area contributed by atoms with Crippen LogP contribution in [0.3, 0.4) is 0 Å². The minimum absolute atomic E-state index is 0.00889. The van der Waals surface area contributed by atoms with Crippen LogP contribution in [-0.2, 0) is 20.7 Å². The maximum Gasteiger partial charge on any atom is 0.189 e. The number of methoxy groups -OCH3 is 1. The molecule has 3 atom stereocenters. The van der Waals surface area contributed by atoms with Gasteiger partial charge >= 0.3 is 0 Å². The molecule has 0 spiro atoms. The second-order valence-corrected chi connectivity index (χ2v) is 7.49. The zero-order valence-electron chi connectivity index (χ0n) is 15.9. The van der Waals surface area contributed by atoms with Gasteiger partial charge < -0.3 is 19.3 Å². The third-order valence-corrected chi connectivity index (χ3v) is 5.44.